The molecule has 0 saturated carbocycles. The molecule has 0 aromatic heterocycles. The fraction of sp³-hybridized carbons (Fsp3) is 0.867. The van der Waals surface area contributed by atoms with Gasteiger partial charge in [-0.05, 0) is 53.9 Å². The Hall–Kier alpha value is -1.14. The van der Waals surface area contributed by atoms with Crippen molar-refractivity contribution in [1.29, 1.82) is 0 Å². The number of carbonyl (C=O) groups is 2. The molecule has 2 aliphatic rings. The highest BCUT2D eigenvalue weighted by atomic mass is 16.7. The van der Waals surface area contributed by atoms with Gasteiger partial charge < -0.3 is 4.74 Å². The van der Waals surface area contributed by atoms with Crippen LogP contribution >= 0.6 is 0 Å². The molecule has 0 radical (unpaired) electrons. The number of hydrogen-bond donors (Lipinski definition) is 0. The van der Waals surface area contributed by atoms with Gasteiger partial charge in [0.25, 0.3) is 5.91 Å². The van der Waals surface area contributed by atoms with E-state index in [9.17, 15) is 9.59 Å². The van der Waals surface area contributed by atoms with Crippen LogP contribution in [0, 0.1) is 0 Å². The van der Waals surface area contributed by atoms with Crippen LogP contribution in [-0.4, -0.2) is 52.3 Å². The molecule has 2 amide bonds. The number of piperidine rings is 1. The molecule has 2 aliphatic heterocycles. The third kappa shape index (κ3) is 3.21. The van der Waals surface area contributed by atoms with Gasteiger partial charge in [0.15, 0.2) is 6.10 Å². The molecule has 1 atom stereocenters. The number of hydrogen-bond acceptors (Lipinski definition) is 5. The van der Waals surface area contributed by atoms with Crippen molar-refractivity contribution in [3.63, 3.8) is 0 Å². The first-order valence-electron chi connectivity index (χ1n) is 7.60. The van der Waals surface area contributed by atoms with Crippen molar-refractivity contribution in [1.82, 2.24) is 9.96 Å². The van der Waals surface area contributed by atoms with Crippen molar-refractivity contribution < 1.29 is 19.2 Å². The fourth-order valence-corrected chi connectivity index (χ4v) is 3.28. The Morgan fingerprint density at radius 2 is 1.81 bits per heavy atom. The molecule has 2 heterocycles. The maximum Gasteiger partial charge on any atom is 0.416 e. The van der Waals surface area contributed by atoms with Crippen molar-refractivity contribution in [2.45, 2.75) is 71.1 Å². The predicted octanol–water partition coefficient (Wildman–Crippen LogP) is 2.33. The van der Waals surface area contributed by atoms with Crippen LogP contribution in [0.2, 0.25) is 0 Å². The number of hydroxylamine groups is 2. The summed E-state index contributed by atoms with van der Waals surface area (Å²) in [4.78, 5) is 30.9. The number of rotatable bonds is 3. The molecule has 0 aliphatic carbocycles. The summed E-state index contributed by atoms with van der Waals surface area (Å²) >= 11 is 0. The van der Waals surface area contributed by atoms with Crippen molar-refractivity contribution >= 4 is 12.0 Å². The molecule has 1 unspecified atom stereocenters. The number of carbonyl (C=O) groups excluding carboxylic acids is 2. The van der Waals surface area contributed by atoms with Gasteiger partial charge in [-0.3, -0.25) is 9.63 Å². The van der Waals surface area contributed by atoms with Crippen LogP contribution < -0.4 is 0 Å². The summed E-state index contributed by atoms with van der Waals surface area (Å²) in [6.07, 6.45) is 1.90. The molecule has 0 N–H and O–H groups in total. The van der Waals surface area contributed by atoms with Gasteiger partial charge >= 0.3 is 6.09 Å². The normalized spacial score (nSPS) is 26.5. The molecular formula is C15H26N2O4. The van der Waals surface area contributed by atoms with E-state index in [-0.39, 0.29) is 23.6 Å². The highest BCUT2D eigenvalue weighted by Gasteiger charge is 2.44. The average molecular weight is 298 g/mol. The number of nitrogens with zero attached hydrogens (tertiary/aromatic N) is 2. The maximum atomic E-state index is 12.3. The van der Waals surface area contributed by atoms with Crippen LogP contribution in [-0.2, 0) is 14.4 Å². The van der Waals surface area contributed by atoms with Crippen molar-refractivity contribution in [3.8, 4) is 0 Å². The average Bonchev–Trinajstić information content (AvgIpc) is 2.78. The van der Waals surface area contributed by atoms with E-state index in [2.05, 4.69) is 27.7 Å². The zero-order valence-corrected chi connectivity index (χ0v) is 13.6. The topological polar surface area (TPSA) is 59.1 Å². The fourth-order valence-electron chi connectivity index (χ4n) is 3.28. The van der Waals surface area contributed by atoms with Crippen LogP contribution in [0.5, 0.6) is 0 Å². The zero-order valence-electron chi connectivity index (χ0n) is 13.6. The van der Waals surface area contributed by atoms with E-state index in [1.165, 1.54) is 0 Å². The van der Waals surface area contributed by atoms with Crippen LogP contribution in [0.25, 0.3) is 0 Å². The minimum atomic E-state index is -0.702. The van der Waals surface area contributed by atoms with E-state index in [1.807, 2.05) is 5.06 Å². The standard InChI is InChI=1S/C15H26N2O4/c1-11(12(18)16-9-10-20-13(16)19)21-17-14(2,3)7-6-8-15(17,4)5/h11H,6-10H2,1-5H3. The Kier molecular flexibility index (Phi) is 4.31. The summed E-state index contributed by atoms with van der Waals surface area (Å²) in [7, 11) is 0. The van der Waals surface area contributed by atoms with Crippen LogP contribution in [0.4, 0.5) is 4.79 Å². The highest BCUT2D eigenvalue weighted by molar-refractivity contribution is 5.95. The molecule has 2 rings (SSSR count). The second-order valence-electron chi connectivity index (χ2n) is 7.12. The molecule has 120 valence electrons. The van der Waals surface area contributed by atoms with Gasteiger partial charge in [0, 0.05) is 11.1 Å². The van der Waals surface area contributed by atoms with E-state index < -0.39 is 12.2 Å². The van der Waals surface area contributed by atoms with Gasteiger partial charge in [-0.15, -0.1) is 0 Å². The summed E-state index contributed by atoms with van der Waals surface area (Å²) in [6, 6.07) is 0. The highest BCUT2D eigenvalue weighted by Crippen LogP contribution is 2.38. The number of ether oxygens (including phenoxy) is 1. The van der Waals surface area contributed by atoms with E-state index in [0.717, 1.165) is 24.2 Å². The first-order valence-corrected chi connectivity index (χ1v) is 7.60. The van der Waals surface area contributed by atoms with E-state index >= 15 is 0 Å². The molecule has 2 fully saturated rings. The number of imide groups is 1. The van der Waals surface area contributed by atoms with Gasteiger partial charge in [0.2, 0.25) is 0 Å². The zero-order chi connectivity index (χ0) is 15.8. The minimum absolute atomic E-state index is 0.137. The second-order valence-corrected chi connectivity index (χ2v) is 7.12. The van der Waals surface area contributed by atoms with Gasteiger partial charge in [-0.25, -0.2) is 9.69 Å². The van der Waals surface area contributed by atoms with Gasteiger partial charge in [0.1, 0.15) is 6.61 Å². The maximum absolute atomic E-state index is 12.3. The lowest BCUT2D eigenvalue weighted by molar-refractivity contribution is -0.297. The lowest BCUT2D eigenvalue weighted by Gasteiger charge is -2.52. The smallest absolute Gasteiger partial charge is 0.416 e. The molecule has 2 saturated heterocycles. The Balaban J connectivity index is 2.08. The van der Waals surface area contributed by atoms with Crippen LogP contribution in [0.15, 0.2) is 0 Å². The predicted molar refractivity (Wildman–Crippen MR) is 77.5 cm³/mol. The molecule has 0 aromatic carbocycles. The van der Waals surface area contributed by atoms with Crippen LogP contribution in [0.1, 0.15) is 53.9 Å². The minimum Gasteiger partial charge on any atom is -0.447 e. The summed E-state index contributed by atoms with van der Waals surface area (Å²) < 4.78 is 4.81. The van der Waals surface area contributed by atoms with Gasteiger partial charge in [-0.1, -0.05) is 0 Å². The first kappa shape index (κ1) is 16.2. The molecule has 0 spiro atoms. The Morgan fingerprint density at radius 1 is 1.24 bits per heavy atom. The summed E-state index contributed by atoms with van der Waals surface area (Å²) in [5.74, 6) is -0.338. The number of cyclic esters (lactones) is 1. The molecule has 6 heteroatoms. The lowest BCUT2D eigenvalue weighted by atomic mass is 9.82. The quantitative estimate of drug-likeness (QED) is 0.800. The van der Waals surface area contributed by atoms with E-state index in [4.69, 9.17) is 9.57 Å². The summed E-state index contributed by atoms with van der Waals surface area (Å²) in [5.41, 5.74) is -0.274. The summed E-state index contributed by atoms with van der Waals surface area (Å²) in [5, 5.41) is 1.94. The van der Waals surface area contributed by atoms with Crippen molar-refractivity contribution in [2.75, 3.05) is 13.2 Å². The van der Waals surface area contributed by atoms with Crippen molar-refractivity contribution in [3.05, 3.63) is 0 Å². The number of amides is 2. The lowest BCUT2D eigenvalue weighted by Crippen LogP contribution is -2.60. The molecule has 0 bridgehead atoms. The Labute approximate surface area is 126 Å². The second kappa shape index (κ2) is 5.57. The van der Waals surface area contributed by atoms with Crippen molar-refractivity contribution in [2.24, 2.45) is 0 Å². The first-order chi connectivity index (χ1) is 9.65. The summed E-state index contributed by atoms with van der Waals surface area (Å²) in [6.45, 7) is 10.7. The molecular weight excluding hydrogens is 272 g/mol. The van der Waals surface area contributed by atoms with Gasteiger partial charge in [-0.2, -0.15) is 5.06 Å². The SMILES string of the molecule is CC(ON1C(C)(C)CCCC1(C)C)C(=O)N1CCOC1=O. The molecule has 0 aromatic rings. The Bertz CT molecular complexity index is 417. The largest absolute Gasteiger partial charge is 0.447 e. The van der Waals surface area contributed by atoms with E-state index in [1.54, 1.807) is 6.92 Å². The monoisotopic (exact) mass is 298 g/mol. The third-order valence-corrected chi connectivity index (χ3v) is 4.31. The van der Waals surface area contributed by atoms with E-state index in [0.29, 0.717) is 6.54 Å². The molecule has 6 nitrogen and oxygen atoms in total. The third-order valence-electron chi connectivity index (χ3n) is 4.31. The van der Waals surface area contributed by atoms with Gasteiger partial charge in [0.05, 0.1) is 6.54 Å². The molecule has 21 heavy (non-hydrogen) atoms. The van der Waals surface area contributed by atoms with Crippen LogP contribution in [0.3, 0.4) is 0 Å². The Morgan fingerprint density at radius 3 is 2.29 bits per heavy atom.